The van der Waals surface area contributed by atoms with Crippen molar-refractivity contribution in [2.24, 2.45) is 0 Å². The van der Waals surface area contributed by atoms with Crippen molar-refractivity contribution in [2.45, 2.75) is 38.3 Å². The molecule has 1 saturated heterocycles. The number of hydrogen-bond acceptors (Lipinski definition) is 4. The highest BCUT2D eigenvalue weighted by atomic mass is 16.5. The van der Waals surface area contributed by atoms with Gasteiger partial charge in [-0.05, 0) is 44.4 Å². The summed E-state index contributed by atoms with van der Waals surface area (Å²) in [5.41, 5.74) is 0.108. The van der Waals surface area contributed by atoms with Crippen LogP contribution in [0.2, 0.25) is 0 Å². The minimum Gasteiger partial charge on any atom is -0.497 e. The zero-order valence-electron chi connectivity index (χ0n) is 13.6. The molecule has 2 N–H and O–H groups in total. The highest BCUT2D eigenvalue weighted by molar-refractivity contribution is 5.78. The molecule has 1 aliphatic heterocycles. The Kier molecular flexibility index (Phi) is 5.42. The Morgan fingerprint density at radius 1 is 1.32 bits per heavy atom. The number of methoxy groups -OCH3 is 1. The van der Waals surface area contributed by atoms with E-state index in [4.69, 9.17) is 4.74 Å². The number of carbonyl (C=O) groups excluding carboxylic acids is 1. The van der Waals surface area contributed by atoms with E-state index in [0.717, 1.165) is 11.3 Å². The van der Waals surface area contributed by atoms with Gasteiger partial charge >= 0.3 is 0 Å². The van der Waals surface area contributed by atoms with Crippen LogP contribution in [-0.4, -0.2) is 48.7 Å². The van der Waals surface area contributed by atoms with Crippen LogP contribution in [0, 0.1) is 0 Å². The number of aliphatic hydroxyl groups is 1. The van der Waals surface area contributed by atoms with E-state index in [0.29, 0.717) is 32.5 Å². The Morgan fingerprint density at radius 3 is 2.41 bits per heavy atom. The molecule has 0 bridgehead atoms. The van der Waals surface area contributed by atoms with E-state index in [9.17, 15) is 9.90 Å². The normalized spacial score (nSPS) is 18.2. The van der Waals surface area contributed by atoms with Crippen molar-refractivity contribution >= 4 is 5.91 Å². The van der Waals surface area contributed by atoms with Gasteiger partial charge in [-0.2, -0.15) is 0 Å². The van der Waals surface area contributed by atoms with E-state index in [1.807, 2.05) is 38.1 Å². The third kappa shape index (κ3) is 4.21. The Hall–Kier alpha value is -1.59. The van der Waals surface area contributed by atoms with Crippen LogP contribution in [0.3, 0.4) is 0 Å². The largest absolute Gasteiger partial charge is 0.497 e. The molecule has 0 aliphatic carbocycles. The molecule has 0 unspecified atom stereocenters. The molecule has 1 heterocycles. The molecule has 1 aromatic carbocycles. The molecule has 5 heteroatoms. The van der Waals surface area contributed by atoms with Gasteiger partial charge in [0.1, 0.15) is 5.75 Å². The molecule has 22 heavy (non-hydrogen) atoms. The third-order valence-corrected chi connectivity index (χ3v) is 4.13. The summed E-state index contributed by atoms with van der Waals surface area (Å²) in [4.78, 5) is 13.9. The van der Waals surface area contributed by atoms with E-state index in [-0.39, 0.29) is 11.9 Å². The summed E-state index contributed by atoms with van der Waals surface area (Å²) in [6, 6.07) is 7.74. The van der Waals surface area contributed by atoms with E-state index < -0.39 is 5.60 Å². The minimum atomic E-state index is -0.808. The Labute approximate surface area is 132 Å². The van der Waals surface area contributed by atoms with Gasteiger partial charge in [-0.1, -0.05) is 12.1 Å². The van der Waals surface area contributed by atoms with Crippen LogP contribution >= 0.6 is 0 Å². The van der Waals surface area contributed by atoms with E-state index in [1.165, 1.54) is 0 Å². The molecular formula is C17H26N2O3. The number of rotatable bonds is 5. The van der Waals surface area contributed by atoms with Crippen molar-refractivity contribution in [1.29, 1.82) is 0 Å². The van der Waals surface area contributed by atoms with Crippen LogP contribution in [0.1, 0.15) is 32.3 Å². The summed E-state index contributed by atoms with van der Waals surface area (Å²) in [6.07, 6.45) is 1.27. The zero-order valence-corrected chi connectivity index (χ0v) is 13.6. The first kappa shape index (κ1) is 16.8. The zero-order chi connectivity index (χ0) is 16.2. The number of likely N-dealkylation sites (tertiary alicyclic amines) is 1. The molecule has 0 saturated carbocycles. The number of benzene rings is 1. The van der Waals surface area contributed by atoms with Crippen molar-refractivity contribution in [2.75, 3.05) is 26.7 Å². The second kappa shape index (κ2) is 7.11. The molecule has 0 spiro atoms. The SMILES string of the molecule is COc1ccc(C2(O)CCN(CC(=O)NC(C)C)CC2)cc1. The Balaban J connectivity index is 1.90. The smallest absolute Gasteiger partial charge is 0.234 e. The standard InChI is InChI=1S/C17H26N2O3/c1-13(2)18-16(20)12-19-10-8-17(21,9-11-19)14-4-6-15(22-3)7-5-14/h4-7,13,21H,8-12H2,1-3H3,(H,18,20). The molecule has 5 nitrogen and oxygen atoms in total. The molecular weight excluding hydrogens is 280 g/mol. The molecule has 0 radical (unpaired) electrons. The van der Waals surface area contributed by atoms with Gasteiger partial charge in [-0.3, -0.25) is 9.69 Å². The van der Waals surface area contributed by atoms with Crippen LogP contribution in [0.15, 0.2) is 24.3 Å². The maximum absolute atomic E-state index is 11.8. The molecule has 0 atom stereocenters. The predicted octanol–water partition coefficient (Wildman–Crippen LogP) is 1.50. The van der Waals surface area contributed by atoms with Crippen molar-refractivity contribution in [1.82, 2.24) is 10.2 Å². The van der Waals surface area contributed by atoms with Gasteiger partial charge in [-0.15, -0.1) is 0 Å². The van der Waals surface area contributed by atoms with Gasteiger partial charge in [0.15, 0.2) is 0 Å². The Morgan fingerprint density at radius 2 is 1.91 bits per heavy atom. The first-order valence-corrected chi connectivity index (χ1v) is 7.81. The van der Waals surface area contributed by atoms with Gasteiger partial charge in [0.05, 0.1) is 19.3 Å². The molecule has 2 rings (SSSR count). The monoisotopic (exact) mass is 306 g/mol. The average molecular weight is 306 g/mol. The fraction of sp³-hybridized carbons (Fsp3) is 0.588. The summed E-state index contributed by atoms with van der Waals surface area (Å²) in [6.45, 7) is 5.74. The molecule has 0 aromatic heterocycles. The first-order valence-electron chi connectivity index (χ1n) is 7.81. The van der Waals surface area contributed by atoms with Crippen LogP contribution < -0.4 is 10.1 Å². The first-order chi connectivity index (χ1) is 10.4. The van der Waals surface area contributed by atoms with Crippen molar-refractivity contribution in [3.05, 3.63) is 29.8 Å². The summed E-state index contributed by atoms with van der Waals surface area (Å²) >= 11 is 0. The molecule has 122 valence electrons. The molecule has 1 aliphatic rings. The maximum atomic E-state index is 11.8. The van der Waals surface area contributed by atoms with Gasteiger partial charge in [0.2, 0.25) is 5.91 Å². The molecule has 1 amide bonds. The number of hydrogen-bond donors (Lipinski definition) is 2. The van der Waals surface area contributed by atoms with Gasteiger partial charge in [0.25, 0.3) is 0 Å². The summed E-state index contributed by atoms with van der Waals surface area (Å²) < 4.78 is 5.15. The quantitative estimate of drug-likeness (QED) is 0.865. The third-order valence-electron chi connectivity index (χ3n) is 4.13. The number of nitrogens with zero attached hydrogens (tertiary/aromatic N) is 1. The second-order valence-corrected chi connectivity index (χ2v) is 6.26. The number of amides is 1. The van der Waals surface area contributed by atoms with E-state index in [1.54, 1.807) is 7.11 Å². The molecule has 1 aromatic rings. The second-order valence-electron chi connectivity index (χ2n) is 6.26. The maximum Gasteiger partial charge on any atom is 0.234 e. The van der Waals surface area contributed by atoms with Gasteiger partial charge < -0.3 is 15.2 Å². The minimum absolute atomic E-state index is 0.0462. The Bertz CT molecular complexity index is 491. The number of ether oxygens (including phenoxy) is 1. The van der Waals surface area contributed by atoms with E-state index in [2.05, 4.69) is 10.2 Å². The van der Waals surface area contributed by atoms with Crippen molar-refractivity contribution in [3.63, 3.8) is 0 Å². The predicted molar refractivity (Wildman–Crippen MR) is 85.8 cm³/mol. The van der Waals surface area contributed by atoms with Crippen LogP contribution in [0.25, 0.3) is 0 Å². The lowest BCUT2D eigenvalue weighted by atomic mass is 9.84. The van der Waals surface area contributed by atoms with Crippen molar-refractivity contribution in [3.8, 4) is 5.75 Å². The van der Waals surface area contributed by atoms with Gasteiger partial charge in [-0.25, -0.2) is 0 Å². The molecule has 1 fully saturated rings. The fourth-order valence-electron chi connectivity index (χ4n) is 2.84. The number of carbonyl (C=O) groups is 1. The van der Waals surface area contributed by atoms with Crippen LogP contribution in [-0.2, 0) is 10.4 Å². The number of nitrogens with one attached hydrogen (secondary N) is 1. The fourth-order valence-corrected chi connectivity index (χ4v) is 2.84. The summed E-state index contributed by atoms with van der Waals surface area (Å²) in [7, 11) is 1.63. The lowest BCUT2D eigenvalue weighted by molar-refractivity contribution is -0.124. The van der Waals surface area contributed by atoms with Crippen LogP contribution in [0.5, 0.6) is 5.75 Å². The van der Waals surface area contributed by atoms with Gasteiger partial charge in [0, 0.05) is 19.1 Å². The van der Waals surface area contributed by atoms with Crippen molar-refractivity contribution < 1.29 is 14.6 Å². The lowest BCUT2D eigenvalue weighted by Crippen LogP contribution is -2.47. The lowest BCUT2D eigenvalue weighted by Gasteiger charge is -2.38. The summed E-state index contributed by atoms with van der Waals surface area (Å²) in [5, 5.41) is 13.7. The van der Waals surface area contributed by atoms with E-state index >= 15 is 0 Å². The number of piperidine rings is 1. The topological polar surface area (TPSA) is 61.8 Å². The highest BCUT2D eigenvalue weighted by Gasteiger charge is 2.34. The highest BCUT2D eigenvalue weighted by Crippen LogP contribution is 2.33. The van der Waals surface area contributed by atoms with Crippen LogP contribution in [0.4, 0.5) is 0 Å². The average Bonchev–Trinajstić information content (AvgIpc) is 2.49. The summed E-state index contributed by atoms with van der Waals surface area (Å²) in [5.74, 6) is 0.833.